The van der Waals surface area contributed by atoms with Crippen molar-refractivity contribution in [1.29, 1.82) is 0 Å². The van der Waals surface area contributed by atoms with Gasteiger partial charge in [-0.05, 0) is 37.1 Å². The highest BCUT2D eigenvalue weighted by atomic mass is 19.1. The first kappa shape index (κ1) is 19.4. The molecule has 0 aliphatic carbocycles. The van der Waals surface area contributed by atoms with Crippen LogP contribution in [0, 0.1) is 11.7 Å². The summed E-state index contributed by atoms with van der Waals surface area (Å²) in [5.74, 6) is -0.413. The number of hydrogen-bond acceptors (Lipinski definition) is 4. The molecule has 0 bridgehead atoms. The number of carbonyl (C=O) groups excluding carboxylic acids is 2. The SMILES string of the molecule is CN1CCN(c2ccc(F)cc2)[C@H]2CCN(C(=O)c3cncn3C)CC[C@H]2C1=O. The number of nitrogens with zero attached hydrogens (tertiary/aromatic N) is 5. The summed E-state index contributed by atoms with van der Waals surface area (Å²) in [6, 6.07) is 6.42. The Hall–Kier alpha value is -2.90. The lowest BCUT2D eigenvalue weighted by molar-refractivity contribution is -0.134. The molecule has 2 saturated heterocycles. The van der Waals surface area contributed by atoms with Crippen molar-refractivity contribution in [3.63, 3.8) is 0 Å². The Balaban J connectivity index is 1.61. The summed E-state index contributed by atoms with van der Waals surface area (Å²) in [5, 5.41) is 0. The van der Waals surface area contributed by atoms with Crippen molar-refractivity contribution in [3.05, 3.63) is 48.3 Å². The molecule has 3 heterocycles. The third-order valence-electron chi connectivity index (χ3n) is 6.12. The van der Waals surface area contributed by atoms with Crippen LogP contribution < -0.4 is 4.90 Å². The van der Waals surface area contributed by atoms with Gasteiger partial charge in [0.2, 0.25) is 5.91 Å². The van der Waals surface area contributed by atoms with Gasteiger partial charge in [-0.25, -0.2) is 9.37 Å². The summed E-state index contributed by atoms with van der Waals surface area (Å²) >= 11 is 0. The fourth-order valence-corrected chi connectivity index (χ4v) is 4.45. The molecule has 0 radical (unpaired) electrons. The smallest absolute Gasteiger partial charge is 0.272 e. The summed E-state index contributed by atoms with van der Waals surface area (Å²) < 4.78 is 15.1. The number of anilines is 1. The van der Waals surface area contributed by atoms with E-state index >= 15 is 0 Å². The fraction of sp³-hybridized carbons (Fsp3) is 0.476. The van der Waals surface area contributed by atoms with Crippen molar-refractivity contribution in [1.82, 2.24) is 19.4 Å². The average molecular weight is 399 g/mol. The number of aromatic nitrogens is 2. The number of amides is 2. The van der Waals surface area contributed by atoms with Gasteiger partial charge >= 0.3 is 0 Å². The fourth-order valence-electron chi connectivity index (χ4n) is 4.45. The first-order valence-corrected chi connectivity index (χ1v) is 9.98. The monoisotopic (exact) mass is 399 g/mol. The van der Waals surface area contributed by atoms with Gasteiger partial charge in [0, 0.05) is 52.0 Å². The van der Waals surface area contributed by atoms with Crippen LogP contribution in [0.2, 0.25) is 0 Å². The minimum atomic E-state index is -0.276. The number of rotatable bonds is 2. The molecule has 0 saturated carbocycles. The topological polar surface area (TPSA) is 61.7 Å². The van der Waals surface area contributed by atoms with Gasteiger partial charge in [0.05, 0.1) is 18.4 Å². The van der Waals surface area contributed by atoms with Gasteiger partial charge in [-0.2, -0.15) is 0 Å². The second-order valence-electron chi connectivity index (χ2n) is 7.86. The van der Waals surface area contributed by atoms with Crippen molar-refractivity contribution in [2.24, 2.45) is 13.0 Å². The highest BCUT2D eigenvalue weighted by Gasteiger charge is 2.40. The second-order valence-corrected chi connectivity index (χ2v) is 7.86. The number of fused-ring (bicyclic) bond motifs is 1. The molecule has 8 heteroatoms. The number of likely N-dealkylation sites (N-methyl/N-ethyl adjacent to an activating group) is 1. The molecule has 0 N–H and O–H groups in total. The van der Waals surface area contributed by atoms with Crippen LogP contribution >= 0.6 is 0 Å². The van der Waals surface area contributed by atoms with Crippen LogP contribution in [0.15, 0.2) is 36.8 Å². The predicted molar refractivity (Wildman–Crippen MR) is 107 cm³/mol. The number of imidazole rings is 1. The Bertz CT molecular complexity index is 897. The number of carbonyl (C=O) groups is 2. The molecule has 0 spiro atoms. The van der Waals surface area contributed by atoms with Gasteiger partial charge in [-0.15, -0.1) is 0 Å². The second kappa shape index (κ2) is 7.85. The molecule has 2 fully saturated rings. The van der Waals surface area contributed by atoms with Crippen LogP contribution in [0.25, 0.3) is 0 Å². The number of halogens is 1. The van der Waals surface area contributed by atoms with E-state index in [4.69, 9.17) is 0 Å². The zero-order chi connectivity index (χ0) is 20.5. The molecule has 2 atom stereocenters. The van der Waals surface area contributed by atoms with Crippen LogP contribution in [0.5, 0.6) is 0 Å². The van der Waals surface area contributed by atoms with Crippen LogP contribution in [0.3, 0.4) is 0 Å². The highest BCUT2D eigenvalue weighted by Crippen LogP contribution is 2.31. The molecule has 2 aliphatic rings. The average Bonchev–Trinajstić information content (AvgIpc) is 2.96. The normalized spacial score (nSPS) is 22.9. The molecule has 1 aromatic heterocycles. The third kappa shape index (κ3) is 3.71. The summed E-state index contributed by atoms with van der Waals surface area (Å²) in [7, 11) is 3.63. The van der Waals surface area contributed by atoms with E-state index in [0.717, 1.165) is 5.69 Å². The number of benzene rings is 1. The van der Waals surface area contributed by atoms with E-state index in [-0.39, 0.29) is 29.6 Å². The largest absolute Gasteiger partial charge is 0.366 e. The Morgan fingerprint density at radius 2 is 1.79 bits per heavy atom. The quantitative estimate of drug-likeness (QED) is 0.772. The van der Waals surface area contributed by atoms with Gasteiger partial charge in [0.15, 0.2) is 0 Å². The van der Waals surface area contributed by atoms with Crippen molar-refractivity contribution >= 4 is 17.5 Å². The lowest BCUT2D eigenvalue weighted by Crippen LogP contribution is -2.43. The lowest BCUT2D eigenvalue weighted by atomic mass is 9.92. The molecule has 154 valence electrons. The lowest BCUT2D eigenvalue weighted by Gasteiger charge is -2.34. The number of likely N-dealkylation sites (tertiary alicyclic amines) is 1. The van der Waals surface area contributed by atoms with E-state index in [2.05, 4.69) is 9.88 Å². The van der Waals surface area contributed by atoms with E-state index in [1.165, 1.54) is 12.1 Å². The molecular weight excluding hydrogens is 373 g/mol. The molecule has 2 aliphatic heterocycles. The molecular formula is C21H26FN5O2. The van der Waals surface area contributed by atoms with E-state index in [0.29, 0.717) is 44.7 Å². The Morgan fingerprint density at radius 3 is 2.48 bits per heavy atom. The molecule has 2 amide bonds. The Kier molecular flexibility index (Phi) is 5.25. The van der Waals surface area contributed by atoms with E-state index in [9.17, 15) is 14.0 Å². The van der Waals surface area contributed by atoms with Crippen molar-refractivity contribution in [2.45, 2.75) is 18.9 Å². The molecule has 2 aromatic rings. The van der Waals surface area contributed by atoms with Crippen LogP contribution in [-0.4, -0.2) is 70.4 Å². The van der Waals surface area contributed by atoms with E-state index < -0.39 is 0 Å². The van der Waals surface area contributed by atoms with Crippen LogP contribution in [0.1, 0.15) is 23.3 Å². The molecule has 29 heavy (non-hydrogen) atoms. The number of hydrogen-bond donors (Lipinski definition) is 0. The summed E-state index contributed by atoms with van der Waals surface area (Å²) in [4.78, 5) is 35.9. The van der Waals surface area contributed by atoms with Crippen LogP contribution in [0.4, 0.5) is 10.1 Å². The standard InChI is InChI=1S/C21H26FN5O2/c1-24-11-12-27(16-5-3-15(22)4-6-16)18-8-10-26(9-7-17(18)20(24)28)21(29)19-13-23-14-25(19)2/h3-6,13-14,17-18H,7-12H2,1-2H3/t17-,18+/m1/s1. The number of aryl methyl sites for hydroxylation is 1. The van der Waals surface area contributed by atoms with Gasteiger partial charge in [0.25, 0.3) is 5.91 Å². The summed E-state index contributed by atoms with van der Waals surface area (Å²) in [6.07, 6.45) is 4.49. The maximum atomic E-state index is 13.4. The van der Waals surface area contributed by atoms with Gasteiger partial charge in [-0.3, -0.25) is 9.59 Å². The van der Waals surface area contributed by atoms with Crippen molar-refractivity contribution in [3.8, 4) is 0 Å². The summed E-state index contributed by atoms with van der Waals surface area (Å²) in [5.41, 5.74) is 1.46. The van der Waals surface area contributed by atoms with Crippen molar-refractivity contribution in [2.75, 3.05) is 38.1 Å². The predicted octanol–water partition coefficient (Wildman–Crippen LogP) is 1.76. The Morgan fingerprint density at radius 1 is 1.07 bits per heavy atom. The van der Waals surface area contributed by atoms with E-state index in [1.807, 2.05) is 11.9 Å². The van der Waals surface area contributed by atoms with Gasteiger partial charge in [-0.1, -0.05) is 0 Å². The molecule has 4 rings (SSSR count). The van der Waals surface area contributed by atoms with Gasteiger partial charge in [0.1, 0.15) is 11.5 Å². The zero-order valence-corrected chi connectivity index (χ0v) is 16.8. The summed E-state index contributed by atoms with van der Waals surface area (Å²) in [6.45, 7) is 2.41. The first-order valence-electron chi connectivity index (χ1n) is 9.98. The molecule has 0 unspecified atom stereocenters. The van der Waals surface area contributed by atoms with Crippen molar-refractivity contribution < 1.29 is 14.0 Å². The minimum absolute atomic E-state index is 0.0257. The van der Waals surface area contributed by atoms with E-state index in [1.54, 1.807) is 41.2 Å². The molecule has 7 nitrogen and oxygen atoms in total. The molecule has 1 aromatic carbocycles. The Labute approximate surface area is 169 Å². The zero-order valence-electron chi connectivity index (χ0n) is 16.8. The maximum absolute atomic E-state index is 13.4. The highest BCUT2D eigenvalue weighted by molar-refractivity contribution is 5.92. The first-order chi connectivity index (χ1) is 14.0. The maximum Gasteiger partial charge on any atom is 0.272 e. The third-order valence-corrected chi connectivity index (χ3v) is 6.12. The minimum Gasteiger partial charge on any atom is -0.366 e. The van der Waals surface area contributed by atoms with Crippen LogP contribution in [-0.2, 0) is 11.8 Å². The van der Waals surface area contributed by atoms with Gasteiger partial charge < -0.3 is 19.3 Å².